The average molecular weight is 512 g/mol. The van der Waals surface area contributed by atoms with E-state index in [0.29, 0.717) is 5.75 Å². The summed E-state index contributed by atoms with van der Waals surface area (Å²) in [5, 5.41) is 13.9. The number of amides is 1. The zero-order valence-electron chi connectivity index (χ0n) is 20.4. The van der Waals surface area contributed by atoms with Crippen LogP contribution in [-0.2, 0) is 20.2 Å². The van der Waals surface area contributed by atoms with Gasteiger partial charge in [0.25, 0.3) is 15.7 Å². The third kappa shape index (κ3) is 6.82. The van der Waals surface area contributed by atoms with Crippen LogP contribution in [0.4, 0.5) is 11.4 Å². The summed E-state index contributed by atoms with van der Waals surface area (Å²) in [4.78, 5) is 23.2. The molecule has 0 unspecified atom stereocenters. The highest BCUT2D eigenvalue weighted by Gasteiger charge is 2.28. The normalized spacial score (nSPS) is 11.5. The van der Waals surface area contributed by atoms with Crippen LogP contribution in [0.15, 0.2) is 83.8 Å². The van der Waals surface area contributed by atoms with Crippen molar-refractivity contribution in [2.75, 3.05) is 24.0 Å². The second-order valence-corrected chi connectivity index (χ2v) is 10.9. The number of rotatable bonds is 10. The van der Waals surface area contributed by atoms with Gasteiger partial charge in [-0.15, -0.1) is 0 Å². The standard InChI is InChI=1S/C26H29N3O6S/c1-26(2,3)20-12-14-23(15-13-20)35-17-16-27-25(30)19-28(21-8-7-9-22(18-21)29(31)32)36(33,34)24-10-5-4-6-11-24/h4-15,18H,16-17,19H2,1-3H3,(H,27,30). The number of hydrogen-bond donors (Lipinski definition) is 1. The van der Waals surface area contributed by atoms with Crippen LogP contribution in [-0.4, -0.2) is 38.9 Å². The number of anilines is 1. The van der Waals surface area contributed by atoms with Crippen molar-refractivity contribution in [3.8, 4) is 5.75 Å². The summed E-state index contributed by atoms with van der Waals surface area (Å²) in [7, 11) is -4.16. The SMILES string of the molecule is CC(C)(C)c1ccc(OCCNC(=O)CN(c2cccc([N+](=O)[O-])c2)S(=O)(=O)c2ccccc2)cc1. The molecule has 0 heterocycles. The number of nitrogens with one attached hydrogen (secondary N) is 1. The molecule has 36 heavy (non-hydrogen) atoms. The summed E-state index contributed by atoms with van der Waals surface area (Å²) >= 11 is 0. The Morgan fingerprint density at radius 2 is 1.67 bits per heavy atom. The third-order valence-corrected chi connectivity index (χ3v) is 7.15. The molecule has 1 amide bonds. The number of nitrogens with zero attached hydrogens (tertiary/aromatic N) is 2. The van der Waals surface area contributed by atoms with Crippen molar-refractivity contribution in [1.29, 1.82) is 0 Å². The van der Waals surface area contributed by atoms with E-state index in [-0.39, 0.29) is 34.8 Å². The topological polar surface area (TPSA) is 119 Å². The van der Waals surface area contributed by atoms with Crippen LogP contribution < -0.4 is 14.4 Å². The molecule has 0 saturated carbocycles. The number of ether oxygens (including phenoxy) is 1. The Bertz CT molecular complexity index is 1300. The number of carbonyl (C=O) groups excluding carboxylic acids is 1. The fraction of sp³-hybridized carbons (Fsp3) is 0.269. The lowest BCUT2D eigenvalue weighted by Gasteiger charge is -2.24. The van der Waals surface area contributed by atoms with Gasteiger partial charge in [0.15, 0.2) is 0 Å². The van der Waals surface area contributed by atoms with E-state index in [1.807, 2.05) is 24.3 Å². The van der Waals surface area contributed by atoms with Gasteiger partial charge in [-0.3, -0.25) is 19.2 Å². The monoisotopic (exact) mass is 511 g/mol. The van der Waals surface area contributed by atoms with Crippen LogP contribution >= 0.6 is 0 Å². The van der Waals surface area contributed by atoms with Crippen molar-refractivity contribution in [2.45, 2.75) is 31.1 Å². The van der Waals surface area contributed by atoms with Crippen molar-refractivity contribution in [2.24, 2.45) is 0 Å². The molecule has 3 aromatic rings. The summed E-state index contributed by atoms with van der Waals surface area (Å²) in [6.07, 6.45) is 0. The number of carbonyl (C=O) groups is 1. The highest BCUT2D eigenvalue weighted by Crippen LogP contribution is 2.27. The lowest BCUT2D eigenvalue weighted by molar-refractivity contribution is -0.384. The van der Waals surface area contributed by atoms with Crippen molar-refractivity contribution in [3.63, 3.8) is 0 Å². The molecule has 0 aliphatic carbocycles. The van der Waals surface area contributed by atoms with Gasteiger partial charge in [0, 0.05) is 12.1 Å². The summed E-state index contributed by atoms with van der Waals surface area (Å²) in [5.74, 6) is 0.0785. The lowest BCUT2D eigenvalue weighted by Crippen LogP contribution is -2.41. The first-order valence-corrected chi connectivity index (χ1v) is 12.7. The van der Waals surface area contributed by atoms with E-state index in [9.17, 15) is 23.3 Å². The molecule has 0 aromatic heterocycles. The highest BCUT2D eigenvalue weighted by molar-refractivity contribution is 7.92. The van der Waals surface area contributed by atoms with Gasteiger partial charge in [-0.25, -0.2) is 8.42 Å². The minimum absolute atomic E-state index is 0.0124. The molecule has 0 spiro atoms. The highest BCUT2D eigenvalue weighted by atomic mass is 32.2. The Balaban J connectivity index is 1.69. The first kappa shape index (κ1) is 26.7. The van der Waals surface area contributed by atoms with Gasteiger partial charge >= 0.3 is 0 Å². The van der Waals surface area contributed by atoms with E-state index >= 15 is 0 Å². The second kappa shape index (κ2) is 11.2. The Labute approximate surface area is 210 Å². The summed E-state index contributed by atoms with van der Waals surface area (Å²) in [5.41, 5.74) is 0.923. The molecule has 0 saturated heterocycles. The fourth-order valence-corrected chi connectivity index (χ4v) is 4.83. The maximum atomic E-state index is 13.3. The van der Waals surface area contributed by atoms with Crippen LogP contribution in [0.1, 0.15) is 26.3 Å². The molecular weight excluding hydrogens is 482 g/mol. The van der Waals surface area contributed by atoms with Crippen LogP contribution in [0.2, 0.25) is 0 Å². The lowest BCUT2D eigenvalue weighted by atomic mass is 9.87. The molecule has 0 aliphatic heterocycles. The van der Waals surface area contributed by atoms with Crippen molar-refractivity contribution in [1.82, 2.24) is 5.32 Å². The first-order chi connectivity index (χ1) is 17.0. The Kier molecular flexibility index (Phi) is 8.31. The predicted molar refractivity (Wildman–Crippen MR) is 138 cm³/mol. The molecule has 3 aromatic carbocycles. The van der Waals surface area contributed by atoms with E-state index in [2.05, 4.69) is 26.1 Å². The smallest absolute Gasteiger partial charge is 0.271 e. The molecule has 9 nitrogen and oxygen atoms in total. The largest absolute Gasteiger partial charge is 0.492 e. The van der Waals surface area contributed by atoms with Gasteiger partial charge < -0.3 is 10.1 Å². The zero-order chi connectivity index (χ0) is 26.3. The van der Waals surface area contributed by atoms with E-state index in [1.54, 1.807) is 18.2 Å². The van der Waals surface area contributed by atoms with Gasteiger partial charge in [0.1, 0.15) is 18.9 Å². The van der Waals surface area contributed by atoms with Crippen molar-refractivity contribution in [3.05, 3.63) is 94.5 Å². The number of nitro groups is 1. The van der Waals surface area contributed by atoms with Gasteiger partial charge in [-0.05, 0) is 41.3 Å². The molecular formula is C26H29N3O6S. The van der Waals surface area contributed by atoms with Gasteiger partial charge in [-0.2, -0.15) is 0 Å². The zero-order valence-corrected chi connectivity index (χ0v) is 21.2. The van der Waals surface area contributed by atoms with Crippen molar-refractivity contribution >= 4 is 27.3 Å². The summed E-state index contributed by atoms with van der Waals surface area (Å²) in [6.45, 7) is 6.13. The van der Waals surface area contributed by atoms with Crippen LogP contribution in [0.5, 0.6) is 5.75 Å². The average Bonchev–Trinajstić information content (AvgIpc) is 2.85. The fourth-order valence-electron chi connectivity index (χ4n) is 3.39. The number of nitro benzene ring substituents is 1. The molecule has 0 fully saturated rings. The molecule has 0 aliphatic rings. The Hall–Kier alpha value is -3.92. The van der Waals surface area contributed by atoms with E-state index < -0.39 is 27.4 Å². The van der Waals surface area contributed by atoms with E-state index in [0.717, 1.165) is 10.4 Å². The van der Waals surface area contributed by atoms with Gasteiger partial charge in [-0.1, -0.05) is 57.2 Å². The number of benzene rings is 3. The van der Waals surface area contributed by atoms with Crippen LogP contribution in [0.25, 0.3) is 0 Å². The quantitative estimate of drug-likeness (QED) is 0.247. The molecule has 3 rings (SSSR count). The van der Waals surface area contributed by atoms with Crippen LogP contribution in [0, 0.1) is 10.1 Å². The molecule has 10 heteroatoms. The predicted octanol–water partition coefficient (Wildman–Crippen LogP) is 4.28. The van der Waals surface area contributed by atoms with Gasteiger partial charge in [0.2, 0.25) is 5.91 Å². The van der Waals surface area contributed by atoms with Crippen LogP contribution in [0.3, 0.4) is 0 Å². The number of hydrogen-bond acceptors (Lipinski definition) is 6. The second-order valence-electron chi connectivity index (χ2n) is 9.07. The van der Waals surface area contributed by atoms with E-state index in [4.69, 9.17) is 4.74 Å². The molecule has 0 radical (unpaired) electrons. The minimum Gasteiger partial charge on any atom is -0.492 e. The maximum absolute atomic E-state index is 13.3. The number of sulfonamides is 1. The third-order valence-electron chi connectivity index (χ3n) is 5.36. The Morgan fingerprint density at radius 3 is 2.28 bits per heavy atom. The van der Waals surface area contributed by atoms with Gasteiger partial charge in [0.05, 0.1) is 22.1 Å². The first-order valence-electron chi connectivity index (χ1n) is 11.3. The summed E-state index contributed by atoms with van der Waals surface area (Å²) in [6, 6.07) is 20.4. The maximum Gasteiger partial charge on any atom is 0.271 e. The van der Waals surface area contributed by atoms with E-state index in [1.165, 1.54) is 35.9 Å². The number of non-ortho nitro benzene ring substituents is 1. The molecule has 190 valence electrons. The Morgan fingerprint density at radius 1 is 1.00 bits per heavy atom. The molecule has 0 atom stereocenters. The summed E-state index contributed by atoms with van der Waals surface area (Å²) < 4.78 is 33.2. The molecule has 1 N–H and O–H groups in total. The minimum atomic E-state index is -4.16. The van der Waals surface area contributed by atoms with Crippen molar-refractivity contribution < 1.29 is 22.9 Å². The molecule has 0 bridgehead atoms.